The molecule has 6 heteroatoms. The fourth-order valence-electron chi connectivity index (χ4n) is 1.80. The lowest BCUT2D eigenvalue weighted by atomic mass is 10.2. The Kier molecular flexibility index (Phi) is 5.04. The minimum absolute atomic E-state index is 0.0191. The van der Waals surface area contributed by atoms with Gasteiger partial charge in [0.1, 0.15) is 0 Å². The van der Waals surface area contributed by atoms with Crippen LogP contribution in [0.4, 0.5) is 0 Å². The summed E-state index contributed by atoms with van der Waals surface area (Å²) < 4.78 is 24.3. The van der Waals surface area contributed by atoms with E-state index in [1.807, 2.05) is 24.3 Å². The lowest BCUT2D eigenvalue weighted by Gasteiger charge is -2.06. The molecule has 0 aliphatic rings. The van der Waals surface area contributed by atoms with Crippen molar-refractivity contribution in [1.82, 2.24) is 10.3 Å². The number of nitrogens with zero attached hydrogens (tertiary/aromatic N) is 2. The Morgan fingerprint density at radius 2 is 2.05 bits per heavy atom. The highest BCUT2D eigenvalue weighted by Gasteiger charge is 2.14. The van der Waals surface area contributed by atoms with Crippen molar-refractivity contribution in [2.45, 2.75) is 11.4 Å². The van der Waals surface area contributed by atoms with Crippen LogP contribution in [-0.4, -0.2) is 25.7 Å². The summed E-state index contributed by atoms with van der Waals surface area (Å²) in [5.41, 5.74) is 1.21. The molecule has 1 heterocycles. The summed E-state index contributed by atoms with van der Waals surface area (Å²) >= 11 is 0. The topological polar surface area (TPSA) is 82.8 Å². The van der Waals surface area contributed by atoms with Crippen LogP contribution in [0.25, 0.3) is 0 Å². The number of hydrogen-bond donors (Lipinski definition) is 1. The maximum atomic E-state index is 12.1. The first-order valence-corrected chi connectivity index (χ1v) is 8.10. The number of nitrogens with one attached hydrogen (secondary N) is 1. The molecule has 0 bridgehead atoms. The summed E-state index contributed by atoms with van der Waals surface area (Å²) in [7, 11) is -3.38. The van der Waals surface area contributed by atoms with Crippen LogP contribution < -0.4 is 5.32 Å². The number of rotatable bonds is 6. The SMILES string of the molecule is N#Cc1cccc(S(=O)(=O)CCNCc2ccccn2)c1. The van der Waals surface area contributed by atoms with E-state index >= 15 is 0 Å². The molecular formula is C15H15N3O2S. The van der Waals surface area contributed by atoms with Gasteiger partial charge in [0.2, 0.25) is 0 Å². The van der Waals surface area contributed by atoms with Crippen LogP contribution in [0.1, 0.15) is 11.3 Å². The molecule has 0 amide bonds. The normalized spacial score (nSPS) is 11.0. The van der Waals surface area contributed by atoms with E-state index in [1.54, 1.807) is 18.3 Å². The van der Waals surface area contributed by atoms with E-state index in [4.69, 9.17) is 5.26 Å². The Hall–Kier alpha value is -2.23. The van der Waals surface area contributed by atoms with Gasteiger partial charge in [0, 0.05) is 19.3 Å². The molecule has 0 aliphatic carbocycles. The van der Waals surface area contributed by atoms with Gasteiger partial charge in [-0.1, -0.05) is 12.1 Å². The quantitative estimate of drug-likeness (QED) is 0.818. The van der Waals surface area contributed by atoms with Crippen molar-refractivity contribution in [3.8, 4) is 6.07 Å². The first-order chi connectivity index (χ1) is 10.1. The summed E-state index contributed by atoms with van der Waals surface area (Å²) in [5, 5.41) is 11.9. The van der Waals surface area contributed by atoms with Gasteiger partial charge >= 0.3 is 0 Å². The molecule has 0 radical (unpaired) electrons. The Morgan fingerprint density at radius 3 is 2.76 bits per heavy atom. The Morgan fingerprint density at radius 1 is 1.19 bits per heavy atom. The van der Waals surface area contributed by atoms with Gasteiger partial charge in [-0.25, -0.2) is 8.42 Å². The smallest absolute Gasteiger partial charge is 0.179 e. The van der Waals surface area contributed by atoms with Gasteiger partial charge in [-0.05, 0) is 30.3 Å². The van der Waals surface area contributed by atoms with Crippen molar-refractivity contribution in [3.05, 3.63) is 59.9 Å². The number of hydrogen-bond acceptors (Lipinski definition) is 5. The molecule has 1 aromatic carbocycles. The molecular weight excluding hydrogens is 286 g/mol. The van der Waals surface area contributed by atoms with Gasteiger partial charge in [0.05, 0.1) is 28.0 Å². The van der Waals surface area contributed by atoms with Crippen LogP contribution in [0.5, 0.6) is 0 Å². The average molecular weight is 301 g/mol. The summed E-state index contributed by atoms with van der Waals surface area (Å²) in [4.78, 5) is 4.33. The van der Waals surface area contributed by atoms with Gasteiger partial charge < -0.3 is 5.32 Å². The Labute approximate surface area is 124 Å². The van der Waals surface area contributed by atoms with Crippen LogP contribution in [0, 0.1) is 11.3 Å². The van der Waals surface area contributed by atoms with Gasteiger partial charge in [0.25, 0.3) is 0 Å². The van der Waals surface area contributed by atoms with Crippen LogP contribution in [0.2, 0.25) is 0 Å². The minimum Gasteiger partial charge on any atom is -0.310 e. The van der Waals surface area contributed by atoms with Gasteiger partial charge in [-0.15, -0.1) is 0 Å². The molecule has 2 aromatic rings. The third-order valence-corrected chi connectivity index (χ3v) is 4.62. The number of pyridine rings is 1. The molecule has 1 aromatic heterocycles. The molecule has 1 N–H and O–H groups in total. The minimum atomic E-state index is -3.38. The second kappa shape index (κ2) is 6.97. The summed E-state index contributed by atoms with van der Waals surface area (Å²) in [6, 6.07) is 13.6. The van der Waals surface area contributed by atoms with Crippen molar-refractivity contribution in [1.29, 1.82) is 5.26 Å². The van der Waals surface area contributed by atoms with E-state index < -0.39 is 9.84 Å². The van der Waals surface area contributed by atoms with Crippen molar-refractivity contribution < 1.29 is 8.42 Å². The second-order valence-corrected chi connectivity index (χ2v) is 6.57. The lowest BCUT2D eigenvalue weighted by molar-refractivity contribution is 0.590. The number of sulfone groups is 1. The Balaban J connectivity index is 1.91. The molecule has 0 unspecified atom stereocenters. The van der Waals surface area contributed by atoms with E-state index in [2.05, 4.69) is 10.3 Å². The van der Waals surface area contributed by atoms with Crippen LogP contribution in [0.3, 0.4) is 0 Å². The van der Waals surface area contributed by atoms with E-state index in [9.17, 15) is 8.42 Å². The van der Waals surface area contributed by atoms with E-state index in [0.717, 1.165) is 5.69 Å². The fraction of sp³-hybridized carbons (Fsp3) is 0.200. The molecule has 5 nitrogen and oxygen atoms in total. The number of benzene rings is 1. The van der Waals surface area contributed by atoms with E-state index in [1.165, 1.54) is 12.1 Å². The van der Waals surface area contributed by atoms with Crippen LogP contribution >= 0.6 is 0 Å². The number of aromatic nitrogens is 1. The zero-order valence-electron chi connectivity index (χ0n) is 11.4. The summed E-state index contributed by atoms with van der Waals surface area (Å²) in [5.74, 6) is -0.0191. The fourth-order valence-corrected chi connectivity index (χ4v) is 3.04. The highest BCUT2D eigenvalue weighted by atomic mass is 32.2. The van der Waals surface area contributed by atoms with Crippen LogP contribution in [-0.2, 0) is 16.4 Å². The molecule has 0 fully saturated rings. The van der Waals surface area contributed by atoms with Gasteiger partial charge in [0.15, 0.2) is 9.84 Å². The molecule has 0 atom stereocenters. The molecule has 0 aliphatic heterocycles. The molecule has 0 spiro atoms. The first kappa shape index (κ1) is 15.2. The highest BCUT2D eigenvalue weighted by molar-refractivity contribution is 7.91. The second-order valence-electron chi connectivity index (χ2n) is 4.46. The molecule has 108 valence electrons. The zero-order valence-corrected chi connectivity index (χ0v) is 12.2. The monoisotopic (exact) mass is 301 g/mol. The third-order valence-electron chi connectivity index (χ3n) is 2.90. The summed E-state index contributed by atoms with van der Waals surface area (Å²) in [6.07, 6.45) is 1.70. The van der Waals surface area contributed by atoms with E-state index in [-0.39, 0.29) is 10.6 Å². The zero-order chi connectivity index (χ0) is 15.1. The Bertz CT molecular complexity index is 737. The first-order valence-electron chi connectivity index (χ1n) is 6.45. The summed E-state index contributed by atoms with van der Waals surface area (Å²) in [6.45, 7) is 0.851. The maximum absolute atomic E-state index is 12.1. The molecule has 0 saturated heterocycles. The van der Waals surface area contributed by atoms with Crippen molar-refractivity contribution in [3.63, 3.8) is 0 Å². The van der Waals surface area contributed by atoms with Gasteiger partial charge in [-0.3, -0.25) is 4.98 Å². The molecule has 0 saturated carbocycles. The van der Waals surface area contributed by atoms with Gasteiger partial charge in [-0.2, -0.15) is 5.26 Å². The van der Waals surface area contributed by atoms with Crippen molar-refractivity contribution >= 4 is 9.84 Å². The highest BCUT2D eigenvalue weighted by Crippen LogP contribution is 2.12. The van der Waals surface area contributed by atoms with E-state index in [0.29, 0.717) is 18.7 Å². The standard InChI is InChI=1S/C15H15N3O2S/c16-11-13-4-3-6-15(10-13)21(19,20)9-8-17-12-14-5-1-2-7-18-14/h1-7,10,17H,8-9,12H2. The van der Waals surface area contributed by atoms with Crippen molar-refractivity contribution in [2.75, 3.05) is 12.3 Å². The number of nitriles is 1. The predicted molar refractivity (Wildman–Crippen MR) is 79.2 cm³/mol. The lowest BCUT2D eigenvalue weighted by Crippen LogP contribution is -2.23. The van der Waals surface area contributed by atoms with Crippen LogP contribution in [0.15, 0.2) is 53.6 Å². The molecule has 2 rings (SSSR count). The maximum Gasteiger partial charge on any atom is 0.179 e. The van der Waals surface area contributed by atoms with Crippen molar-refractivity contribution in [2.24, 2.45) is 0 Å². The third kappa shape index (κ3) is 4.38. The molecule has 21 heavy (non-hydrogen) atoms. The predicted octanol–water partition coefficient (Wildman–Crippen LogP) is 1.52. The largest absolute Gasteiger partial charge is 0.310 e. The average Bonchev–Trinajstić information content (AvgIpc) is 2.53.